The zero-order valence-electron chi connectivity index (χ0n) is 28.1. The molecule has 10 rings (SSSR count). The molecule has 4 heterocycles. The maximum Gasteiger partial charge on any atom is 0.164 e. The number of benzene rings is 6. The maximum absolute atomic E-state index is 4.98. The maximum atomic E-state index is 4.98. The normalized spacial score (nSPS) is 11.5. The van der Waals surface area contributed by atoms with Crippen molar-refractivity contribution in [2.45, 2.75) is 0 Å². The number of nitrogens with zero attached hydrogens (tertiary/aromatic N) is 5. The largest absolute Gasteiger partial charge is 0.314 e. The van der Waals surface area contributed by atoms with Crippen molar-refractivity contribution < 1.29 is 0 Å². The van der Waals surface area contributed by atoms with Crippen LogP contribution in [-0.4, -0.2) is 23.9 Å². The number of rotatable bonds is 6. The summed E-state index contributed by atoms with van der Waals surface area (Å²) in [4.78, 5) is 14.8. The van der Waals surface area contributed by atoms with Gasteiger partial charge in [0.25, 0.3) is 0 Å². The molecular weight excluding hydrogens is 635 g/mol. The van der Waals surface area contributed by atoms with Gasteiger partial charge in [-0.1, -0.05) is 133 Å². The van der Waals surface area contributed by atoms with Gasteiger partial charge in [0.05, 0.1) is 22.1 Å². The lowest BCUT2D eigenvalue weighted by Gasteiger charge is -2.12. The molecule has 0 aliphatic rings. The molecule has 6 aromatic carbocycles. The van der Waals surface area contributed by atoms with E-state index >= 15 is 0 Å². The predicted molar refractivity (Wildman–Crippen MR) is 212 cm³/mol. The van der Waals surface area contributed by atoms with E-state index in [1.165, 1.54) is 44.2 Å². The first kappa shape index (κ1) is 29.8. The summed E-state index contributed by atoms with van der Waals surface area (Å²) in [5.41, 5.74) is 13.3. The van der Waals surface area contributed by atoms with Gasteiger partial charge in [-0.15, -0.1) is 0 Å². The van der Waals surface area contributed by atoms with Gasteiger partial charge in [0.2, 0.25) is 0 Å². The minimum absolute atomic E-state index is 0.633. The molecule has 10 aromatic rings. The summed E-state index contributed by atoms with van der Waals surface area (Å²) >= 11 is 0. The fraction of sp³-hybridized carbons (Fsp3) is 0. The van der Waals surface area contributed by atoms with Crippen LogP contribution in [0.2, 0.25) is 0 Å². The van der Waals surface area contributed by atoms with Gasteiger partial charge in [0.15, 0.2) is 17.5 Å². The van der Waals surface area contributed by atoms with Crippen LogP contribution in [0.15, 0.2) is 188 Å². The lowest BCUT2D eigenvalue weighted by molar-refractivity contribution is 1.07. The van der Waals surface area contributed by atoms with Crippen molar-refractivity contribution in [2.24, 2.45) is 0 Å². The van der Waals surface area contributed by atoms with E-state index < -0.39 is 0 Å². The zero-order valence-corrected chi connectivity index (χ0v) is 28.1. The van der Waals surface area contributed by atoms with Gasteiger partial charge in [-0.05, 0) is 65.2 Å². The van der Waals surface area contributed by atoms with Crippen molar-refractivity contribution >= 4 is 27.5 Å². The van der Waals surface area contributed by atoms with Gasteiger partial charge in [-0.2, -0.15) is 0 Å². The average Bonchev–Trinajstić information content (AvgIpc) is 3.74. The molecule has 0 bridgehead atoms. The Labute approximate surface area is 300 Å². The minimum atomic E-state index is 0.633. The Morgan fingerprint density at radius 2 is 0.827 bits per heavy atom. The molecular formula is C47H31N5. The summed E-state index contributed by atoms with van der Waals surface area (Å²) in [6.45, 7) is 0. The van der Waals surface area contributed by atoms with Crippen molar-refractivity contribution in [2.75, 3.05) is 0 Å². The summed E-state index contributed by atoms with van der Waals surface area (Å²) in [6.07, 6.45) is 2.18. The smallest absolute Gasteiger partial charge is 0.164 e. The molecule has 0 atom stereocenters. The molecule has 0 aliphatic heterocycles. The highest BCUT2D eigenvalue weighted by Gasteiger charge is 2.23. The Morgan fingerprint density at radius 1 is 0.346 bits per heavy atom. The van der Waals surface area contributed by atoms with Crippen molar-refractivity contribution in [1.29, 1.82) is 0 Å². The van der Waals surface area contributed by atoms with E-state index in [4.69, 9.17) is 15.0 Å². The summed E-state index contributed by atoms with van der Waals surface area (Å²) in [5, 5.41) is 1.20. The van der Waals surface area contributed by atoms with Crippen LogP contribution in [0.25, 0.3) is 89.6 Å². The number of aromatic nitrogens is 5. The van der Waals surface area contributed by atoms with Crippen LogP contribution in [0.3, 0.4) is 0 Å². The van der Waals surface area contributed by atoms with Gasteiger partial charge >= 0.3 is 0 Å². The Balaban J connectivity index is 1.20. The molecule has 4 aromatic heterocycles. The SMILES string of the molecule is c1ccc(-c2ccc3c(c2)c2c(c(-c4ccccc4)c4ccccn42)n3-c2ccc(-c3nc(-c4ccccc4)nc(-c4ccccc4)n3)cc2)cc1. The zero-order chi connectivity index (χ0) is 34.4. The van der Waals surface area contributed by atoms with Crippen LogP contribution in [0.4, 0.5) is 0 Å². The minimum Gasteiger partial charge on any atom is -0.314 e. The number of hydrogen-bond donors (Lipinski definition) is 0. The average molecular weight is 666 g/mol. The van der Waals surface area contributed by atoms with Gasteiger partial charge < -0.3 is 8.97 Å². The molecule has 0 saturated heterocycles. The van der Waals surface area contributed by atoms with E-state index in [0.717, 1.165) is 27.9 Å². The van der Waals surface area contributed by atoms with E-state index in [-0.39, 0.29) is 0 Å². The second-order valence-corrected chi connectivity index (χ2v) is 12.9. The lowest BCUT2D eigenvalue weighted by atomic mass is 10.0. The molecule has 0 N–H and O–H groups in total. The van der Waals surface area contributed by atoms with Crippen molar-refractivity contribution in [3.8, 4) is 62.1 Å². The summed E-state index contributed by atoms with van der Waals surface area (Å²) < 4.78 is 4.76. The standard InChI is InChI=1S/C47H31N5/c1-5-15-32(16-6-1)37-26-29-40-39(31-37)43-44(42(33-17-7-2-8-18-33)41-23-13-14-30-51(41)43)52(40)38-27-24-36(25-28-38)47-49-45(34-19-9-3-10-20-34)48-46(50-47)35-21-11-4-12-22-35/h1-31H. The molecule has 0 unspecified atom stereocenters. The Kier molecular flexibility index (Phi) is 7.07. The van der Waals surface area contributed by atoms with Crippen LogP contribution in [0.1, 0.15) is 0 Å². The first-order valence-electron chi connectivity index (χ1n) is 17.5. The van der Waals surface area contributed by atoms with E-state index in [2.05, 4.69) is 136 Å². The number of fused-ring (bicyclic) bond motifs is 5. The highest BCUT2D eigenvalue weighted by Crippen LogP contribution is 2.43. The van der Waals surface area contributed by atoms with Gasteiger partial charge in [-0.3, -0.25) is 0 Å². The molecule has 0 amide bonds. The number of hydrogen-bond acceptors (Lipinski definition) is 3. The third-order valence-corrected chi connectivity index (χ3v) is 9.79. The molecule has 244 valence electrons. The summed E-state index contributed by atoms with van der Waals surface area (Å²) in [7, 11) is 0. The Bertz CT molecular complexity index is 2800. The molecule has 0 aliphatic carbocycles. The fourth-order valence-electron chi connectivity index (χ4n) is 7.38. The highest BCUT2D eigenvalue weighted by molar-refractivity contribution is 6.18. The van der Waals surface area contributed by atoms with Crippen LogP contribution in [0, 0.1) is 0 Å². The first-order chi connectivity index (χ1) is 25.8. The van der Waals surface area contributed by atoms with Crippen LogP contribution >= 0.6 is 0 Å². The van der Waals surface area contributed by atoms with Crippen molar-refractivity contribution in [1.82, 2.24) is 23.9 Å². The molecule has 0 fully saturated rings. The van der Waals surface area contributed by atoms with Crippen LogP contribution in [-0.2, 0) is 0 Å². The van der Waals surface area contributed by atoms with Crippen molar-refractivity contribution in [3.63, 3.8) is 0 Å². The van der Waals surface area contributed by atoms with E-state index in [1.54, 1.807) is 0 Å². The van der Waals surface area contributed by atoms with Gasteiger partial charge in [0.1, 0.15) is 0 Å². The summed E-state index contributed by atoms with van der Waals surface area (Å²) in [6, 6.07) is 63.4. The summed E-state index contributed by atoms with van der Waals surface area (Å²) in [5.74, 6) is 1.93. The molecule has 52 heavy (non-hydrogen) atoms. The lowest BCUT2D eigenvalue weighted by Crippen LogP contribution is -2.00. The van der Waals surface area contributed by atoms with E-state index in [1.807, 2.05) is 60.7 Å². The van der Waals surface area contributed by atoms with Crippen LogP contribution < -0.4 is 0 Å². The topological polar surface area (TPSA) is 48.0 Å². The highest BCUT2D eigenvalue weighted by atomic mass is 15.0. The molecule has 0 saturated carbocycles. The second-order valence-electron chi connectivity index (χ2n) is 12.9. The first-order valence-corrected chi connectivity index (χ1v) is 17.5. The van der Waals surface area contributed by atoms with Crippen molar-refractivity contribution in [3.05, 3.63) is 188 Å². The fourth-order valence-corrected chi connectivity index (χ4v) is 7.38. The predicted octanol–water partition coefficient (Wildman–Crippen LogP) is 11.6. The monoisotopic (exact) mass is 665 g/mol. The molecule has 0 spiro atoms. The third kappa shape index (κ3) is 4.98. The molecule has 5 nitrogen and oxygen atoms in total. The number of pyridine rings is 1. The van der Waals surface area contributed by atoms with E-state index in [9.17, 15) is 0 Å². The third-order valence-electron chi connectivity index (χ3n) is 9.79. The molecule has 0 radical (unpaired) electrons. The second kappa shape index (κ2) is 12.3. The quantitative estimate of drug-likeness (QED) is 0.178. The molecule has 5 heteroatoms. The van der Waals surface area contributed by atoms with E-state index in [0.29, 0.717) is 17.5 Å². The Morgan fingerprint density at radius 3 is 1.40 bits per heavy atom. The van der Waals surface area contributed by atoms with Crippen LogP contribution in [0.5, 0.6) is 0 Å². The van der Waals surface area contributed by atoms with Gasteiger partial charge in [-0.25, -0.2) is 15.0 Å². The Hall–Kier alpha value is -7.11. The van der Waals surface area contributed by atoms with Gasteiger partial charge in [0, 0.05) is 39.5 Å².